The smallest absolute Gasteiger partial charge is 0.0116 e. The standard InChI is InChI=1S/C21H19P/c1-3-9-18(10-4-1)22(19-11-5-2-6-12-19)21-14-8-7-13-20(21)17-15-16-17/h1-14,17H,15-16H2. The van der Waals surface area contributed by atoms with Crippen LogP contribution in [0.25, 0.3) is 0 Å². The molecule has 1 heteroatoms. The topological polar surface area (TPSA) is 0 Å². The summed E-state index contributed by atoms with van der Waals surface area (Å²) < 4.78 is 0. The zero-order valence-corrected chi connectivity index (χ0v) is 13.4. The van der Waals surface area contributed by atoms with Gasteiger partial charge in [0.15, 0.2) is 0 Å². The molecule has 0 spiro atoms. The predicted molar refractivity (Wildman–Crippen MR) is 97.1 cm³/mol. The Morgan fingerprint density at radius 2 is 1.09 bits per heavy atom. The summed E-state index contributed by atoms with van der Waals surface area (Å²) in [4.78, 5) is 0. The maximum atomic E-state index is 2.35. The Hall–Kier alpha value is -1.91. The van der Waals surface area contributed by atoms with Gasteiger partial charge in [0, 0.05) is 0 Å². The van der Waals surface area contributed by atoms with E-state index in [1.807, 2.05) is 0 Å². The predicted octanol–water partition coefficient (Wildman–Crippen LogP) is 4.32. The molecule has 0 nitrogen and oxygen atoms in total. The lowest BCUT2D eigenvalue weighted by Gasteiger charge is -2.22. The van der Waals surface area contributed by atoms with Crippen molar-refractivity contribution in [3.8, 4) is 0 Å². The van der Waals surface area contributed by atoms with Crippen molar-refractivity contribution in [3.63, 3.8) is 0 Å². The number of hydrogen-bond acceptors (Lipinski definition) is 0. The van der Waals surface area contributed by atoms with Crippen molar-refractivity contribution >= 4 is 23.8 Å². The van der Waals surface area contributed by atoms with Crippen LogP contribution in [-0.4, -0.2) is 0 Å². The van der Waals surface area contributed by atoms with E-state index in [1.165, 1.54) is 28.8 Å². The Labute approximate surface area is 133 Å². The fourth-order valence-electron chi connectivity index (χ4n) is 3.01. The van der Waals surface area contributed by atoms with Crippen LogP contribution in [-0.2, 0) is 0 Å². The van der Waals surface area contributed by atoms with E-state index in [0.717, 1.165) is 5.92 Å². The highest BCUT2D eigenvalue weighted by atomic mass is 31.1. The van der Waals surface area contributed by atoms with Gasteiger partial charge < -0.3 is 0 Å². The van der Waals surface area contributed by atoms with E-state index in [0.29, 0.717) is 0 Å². The second-order valence-corrected chi connectivity index (χ2v) is 8.03. The minimum atomic E-state index is -0.459. The summed E-state index contributed by atoms with van der Waals surface area (Å²) in [5, 5.41) is 4.42. The first kappa shape index (κ1) is 13.7. The lowest BCUT2D eigenvalue weighted by molar-refractivity contribution is 1.15. The van der Waals surface area contributed by atoms with Gasteiger partial charge in [-0.05, 0) is 48.2 Å². The average molecular weight is 302 g/mol. The number of rotatable bonds is 4. The Bertz CT molecular complexity index is 706. The summed E-state index contributed by atoms with van der Waals surface area (Å²) >= 11 is 0. The van der Waals surface area contributed by atoms with Gasteiger partial charge in [-0.3, -0.25) is 0 Å². The van der Waals surface area contributed by atoms with E-state index in [1.54, 1.807) is 5.56 Å². The first-order valence-corrected chi connectivity index (χ1v) is 9.27. The van der Waals surface area contributed by atoms with Gasteiger partial charge in [-0.2, -0.15) is 0 Å². The van der Waals surface area contributed by atoms with Gasteiger partial charge in [0.1, 0.15) is 0 Å². The van der Waals surface area contributed by atoms with Gasteiger partial charge in [0.05, 0.1) is 0 Å². The average Bonchev–Trinajstić information content (AvgIpc) is 3.43. The van der Waals surface area contributed by atoms with E-state index in [-0.39, 0.29) is 0 Å². The number of benzene rings is 3. The van der Waals surface area contributed by atoms with Crippen LogP contribution >= 0.6 is 7.92 Å². The molecule has 3 aromatic rings. The highest BCUT2D eigenvalue weighted by molar-refractivity contribution is 7.79. The Morgan fingerprint density at radius 3 is 1.64 bits per heavy atom. The maximum Gasteiger partial charge on any atom is -0.0116 e. The molecule has 4 rings (SSSR count). The van der Waals surface area contributed by atoms with Crippen LogP contribution in [0, 0.1) is 0 Å². The zero-order chi connectivity index (χ0) is 14.8. The zero-order valence-electron chi connectivity index (χ0n) is 12.5. The molecule has 22 heavy (non-hydrogen) atoms. The lowest BCUT2D eigenvalue weighted by atomic mass is 10.1. The molecular formula is C21H19P. The first-order chi connectivity index (χ1) is 10.9. The Morgan fingerprint density at radius 1 is 0.591 bits per heavy atom. The molecule has 1 aliphatic carbocycles. The Balaban J connectivity index is 1.88. The van der Waals surface area contributed by atoms with Crippen LogP contribution in [0.2, 0.25) is 0 Å². The third kappa shape index (κ3) is 2.72. The third-order valence-corrected chi connectivity index (χ3v) is 6.74. The molecule has 0 heterocycles. The van der Waals surface area contributed by atoms with Crippen molar-refractivity contribution in [2.24, 2.45) is 0 Å². The van der Waals surface area contributed by atoms with Crippen molar-refractivity contribution in [2.45, 2.75) is 18.8 Å². The second kappa shape index (κ2) is 6.07. The minimum Gasteiger partial charge on any atom is -0.0622 e. The van der Waals surface area contributed by atoms with Gasteiger partial charge in [0.2, 0.25) is 0 Å². The van der Waals surface area contributed by atoms with Crippen molar-refractivity contribution in [3.05, 3.63) is 90.5 Å². The van der Waals surface area contributed by atoms with Gasteiger partial charge >= 0.3 is 0 Å². The van der Waals surface area contributed by atoms with Crippen molar-refractivity contribution < 1.29 is 0 Å². The monoisotopic (exact) mass is 302 g/mol. The molecule has 0 radical (unpaired) electrons. The highest BCUT2D eigenvalue weighted by Gasteiger charge is 2.29. The molecule has 0 aliphatic heterocycles. The van der Waals surface area contributed by atoms with Gasteiger partial charge in [-0.1, -0.05) is 84.9 Å². The molecule has 0 bridgehead atoms. The van der Waals surface area contributed by atoms with Crippen LogP contribution < -0.4 is 15.9 Å². The molecule has 3 aromatic carbocycles. The van der Waals surface area contributed by atoms with E-state index in [4.69, 9.17) is 0 Å². The first-order valence-electron chi connectivity index (χ1n) is 7.92. The lowest BCUT2D eigenvalue weighted by Crippen LogP contribution is -2.22. The molecule has 0 saturated heterocycles. The minimum absolute atomic E-state index is 0.459. The maximum absolute atomic E-state index is 2.35. The van der Waals surface area contributed by atoms with Gasteiger partial charge in [0.25, 0.3) is 0 Å². The van der Waals surface area contributed by atoms with E-state index >= 15 is 0 Å². The molecule has 1 aliphatic rings. The number of hydrogen-bond donors (Lipinski definition) is 0. The van der Waals surface area contributed by atoms with Crippen LogP contribution in [0.15, 0.2) is 84.9 Å². The second-order valence-electron chi connectivity index (χ2n) is 5.84. The van der Waals surface area contributed by atoms with Gasteiger partial charge in [-0.15, -0.1) is 0 Å². The fraction of sp³-hybridized carbons (Fsp3) is 0.143. The fourth-order valence-corrected chi connectivity index (χ4v) is 5.56. The largest absolute Gasteiger partial charge is 0.0622 e. The van der Waals surface area contributed by atoms with Crippen molar-refractivity contribution in [2.75, 3.05) is 0 Å². The van der Waals surface area contributed by atoms with E-state index < -0.39 is 7.92 Å². The van der Waals surface area contributed by atoms with Crippen LogP contribution in [0.5, 0.6) is 0 Å². The molecular weight excluding hydrogens is 283 g/mol. The van der Waals surface area contributed by atoms with Crippen LogP contribution in [0.4, 0.5) is 0 Å². The summed E-state index contributed by atoms with van der Waals surface area (Å²) in [7, 11) is -0.459. The molecule has 1 saturated carbocycles. The summed E-state index contributed by atoms with van der Waals surface area (Å²) in [5.74, 6) is 0.786. The summed E-state index contributed by atoms with van der Waals surface area (Å²) in [6, 6.07) is 31.1. The van der Waals surface area contributed by atoms with E-state index in [9.17, 15) is 0 Å². The summed E-state index contributed by atoms with van der Waals surface area (Å²) in [6.07, 6.45) is 2.70. The van der Waals surface area contributed by atoms with E-state index in [2.05, 4.69) is 84.9 Å². The summed E-state index contributed by atoms with van der Waals surface area (Å²) in [5.41, 5.74) is 1.57. The normalized spacial score (nSPS) is 14.2. The molecule has 0 unspecified atom stereocenters. The molecule has 0 aromatic heterocycles. The molecule has 108 valence electrons. The molecule has 0 atom stereocenters. The van der Waals surface area contributed by atoms with Crippen LogP contribution in [0.1, 0.15) is 24.3 Å². The molecule has 0 amide bonds. The Kier molecular flexibility index (Phi) is 3.79. The quantitative estimate of drug-likeness (QED) is 0.630. The highest BCUT2D eigenvalue weighted by Crippen LogP contribution is 2.44. The molecule has 0 N–H and O–H groups in total. The van der Waals surface area contributed by atoms with Crippen LogP contribution in [0.3, 0.4) is 0 Å². The molecule has 1 fully saturated rings. The summed E-state index contributed by atoms with van der Waals surface area (Å²) in [6.45, 7) is 0. The van der Waals surface area contributed by atoms with Gasteiger partial charge in [-0.25, -0.2) is 0 Å². The SMILES string of the molecule is c1ccc(P(c2ccccc2)c2ccccc2C2CC2)cc1. The van der Waals surface area contributed by atoms with Crippen molar-refractivity contribution in [1.29, 1.82) is 0 Å². The van der Waals surface area contributed by atoms with Crippen molar-refractivity contribution in [1.82, 2.24) is 0 Å². The third-order valence-electron chi connectivity index (χ3n) is 4.22.